The quantitative estimate of drug-likeness (QED) is 0.258. The summed E-state index contributed by atoms with van der Waals surface area (Å²) in [5.74, 6) is 1.39. The Morgan fingerprint density at radius 1 is 0.947 bits per heavy atom. The Morgan fingerprint density at radius 2 is 1.55 bits per heavy atom. The van der Waals surface area contributed by atoms with Crippen LogP contribution in [0.15, 0.2) is 57.4 Å². The molecule has 0 bridgehead atoms. The van der Waals surface area contributed by atoms with E-state index in [1.165, 1.54) is 24.0 Å². The molecule has 0 saturated carbocycles. The minimum absolute atomic E-state index is 0.0175. The Hall–Kier alpha value is -3.81. The molecule has 13 heteroatoms. The molecule has 5 rings (SSSR count). The number of aromatic nitrogens is 3. The molecule has 2 fully saturated rings. The van der Waals surface area contributed by atoms with Gasteiger partial charge in [0.15, 0.2) is 0 Å². The lowest BCUT2D eigenvalue weighted by Gasteiger charge is -2.30. The summed E-state index contributed by atoms with van der Waals surface area (Å²) in [5.41, 5.74) is 4.61. The van der Waals surface area contributed by atoms with Crippen molar-refractivity contribution in [1.29, 1.82) is 0 Å². The fourth-order valence-corrected chi connectivity index (χ4v) is 4.86. The van der Waals surface area contributed by atoms with E-state index in [9.17, 15) is 10.1 Å². The van der Waals surface area contributed by atoms with Crippen LogP contribution in [-0.2, 0) is 9.47 Å². The third-order valence-corrected chi connectivity index (χ3v) is 7.08. The molecule has 0 atom stereocenters. The maximum absolute atomic E-state index is 11.8. The molecule has 0 radical (unpaired) electrons. The highest BCUT2D eigenvalue weighted by atomic mass is 32.2. The molecule has 3 aromatic rings. The van der Waals surface area contributed by atoms with Gasteiger partial charge in [-0.3, -0.25) is 10.1 Å². The summed E-state index contributed by atoms with van der Waals surface area (Å²) in [7, 11) is 0. The van der Waals surface area contributed by atoms with Crippen molar-refractivity contribution in [3.05, 3.63) is 63.7 Å². The predicted molar refractivity (Wildman–Crippen MR) is 146 cm³/mol. The van der Waals surface area contributed by atoms with Crippen LogP contribution < -0.4 is 15.2 Å². The molecule has 0 spiro atoms. The standard InChI is InChI=1S/C25H28N8O4S/c1-18-2-5-20(6-3-18)38-22-7-4-19(16-21(22)33(34)35)17-26-30-23-27-24(31-8-12-36-13-9-31)29-25(28-23)32-10-14-37-15-11-32/h2-7,16-17H,8-15H2,1H3,(H,27,28,29,30)/b26-17-. The van der Waals surface area contributed by atoms with E-state index in [1.807, 2.05) is 31.2 Å². The molecule has 12 nitrogen and oxygen atoms in total. The molecular formula is C25H28N8O4S. The molecule has 0 amide bonds. The van der Waals surface area contributed by atoms with Gasteiger partial charge in [-0.1, -0.05) is 35.5 Å². The molecule has 0 unspecified atom stereocenters. The number of anilines is 3. The summed E-state index contributed by atoms with van der Waals surface area (Å²) in [4.78, 5) is 30.8. The first kappa shape index (κ1) is 25.8. The molecule has 2 aromatic carbocycles. The van der Waals surface area contributed by atoms with Crippen molar-refractivity contribution >= 4 is 41.5 Å². The Kier molecular flexibility index (Phi) is 8.26. The molecule has 2 aliphatic heterocycles. The summed E-state index contributed by atoms with van der Waals surface area (Å²) in [6, 6.07) is 12.9. The fraction of sp³-hybridized carbons (Fsp3) is 0.360. The number of hydrogen-bond donors (Lipinski definition) is 1. The number of ether oxygens (including phenoxy) is 2. The van der Waals surface area contributed by atoms with E-state index in [1.54, 1.807) is 12.1 Å². The summed E-state index contributed by atoms with van der Waals surface area (Å²) in [6.07, 6.45) is 1.51. The van der Waals surface area contributed by atoms with Gasteiger partial charge in [0.2, 0.25) is 17.8 Å². The van der Waals surface area contributed by atoms with Crippen LogP contribution in [-0.4, -0.2) is 78.7 Å². The Morgan fingerprint density at radius 3 is 2.13 bits per heavy atom. The number of hydrazone groups is 1. The maximum atomic E-state index is 11.8. The van der Waals surface area contributed by atoms with Gasteiger partial charge in [-0.2, -0.15) is 20.1 Å². The molecule has 198 valence electrons. The molecule has 38 heavy (non-hydrogen) atoms. The van der Waals surface area contributed by atoms with Crippen molar-refractivity contribution in [2.45, 2.75) is 16.7 Å². The third kappa shape index (κ3) is 6.54. The van der Waals surface area contributed by atoms with Crippen molar-refractivity contribution in [2.24, 2.45) is 5.10 Å². The molecule has 0 aliphatic carbocycles. The van der Waals surface area contributed by atoms with Crippen molar-refractivity contribution < 1.29 is 14.4 Å². The number of nitro benzene ring substituents is 1. The minimum Gasteiger partial charge on any atom is -0.378 e. The fourth-order valence-electron chi connectivity index (χ4n) is 3.95. The van der Waals surface area contributed by atoms with Crippen LogP contribution in [0.4, 0.5) is 23.5 Å². The number of nitrogens with one attached hydrogen (secondary N) is 1. The van der Waals surface area contributed by atoms with E-state index in [-0.39, 0.29) is 10.6 Å². The maximum Gasteiger partial charge on any atom is 0.283 e. The van der Waals surface area contributed by atoms with Gasteiger partial charge in [0.25, 0.3) is 5.69 Å². The lowest BCUT2D eigenvalue weighted by atomic mass is 10.2. The van der Waals surface area contributed by atoms with E-state index in [0.717, 1.165) is 10.5 Å². The summed E-state index contributed by atoms with van der Waals surface area (Å²) >= 11 is 1.36. The van der Waals surface area contributed by atoms with Gasteiger partial charge >= 0.3 is 0 Å². The minimum atomic E-state index is -0.378. The third-order valence-electron chi connectivity index (χ3n) is 6.01. The topological polar surface area (TPSA) is 131 Å². The first-order valence-electron chi connectivity index (χ1n) is 12.3. The van der Waals surface area contributed by atoms with Crippen molar-refractivity contribution in [2.75, 3.05) is 67.8 Å². The van der Waals surface area contributed by atoms with Crippen molar-refractivity contribution in [1.82, 2.24) is 15.0 Å². The first-order valence-corrected chi connectivity index (χ1v) is 13.1. The van der Waals surface area contributed by atoms with E-state index < -0.39 is 0 Å². The zero-order valence-corrected chi connectivity index (χ0v) is 21.8. The Balaban J connectivity index is 1.34. The number of nitro groups is 1. The van der Waals surface area contributed by atoms with Gasteiger partial charge in [-0.05, 0) is 25.1 Å². The number of morpholine rings is 2. The highest BCUT2D eigenvalue weighted by Crippen LogP contribution is 2.35. The number of hydrogen-bond acceptors (Lipinski definition) is 12. The zero-order valence-electron chi connectivity index (χ0n) is 20.9. The van der Waals surface area contributed by atoms with Gasteiger partial charge in [0.05, 0.1) is 42.5 Å². The van der Waals surface area contributed by atoms with Crippen LogP contribution in [0.25, 0.3) is 0 Å². The van der Waals surface area contributed by atoms with Gasteiger partial charge < -0.3 is 19.3 Å². The Bertz CT molecular complexity index is 1260. The van der Waals surface area contributed by atoms with Crippen LogP contribution in [0.2, 0.25) is 0 Å². The number of nitrogens with zero attached hydrogens (tertiary/aromatic N) is 7. The molecule has 1 N–H and O–H groups in total. The number of rotatable bonds is 8. The van der Waals surface area contributed by atoms with Gasteiger partial charge in [-0.15, -0.1) is 0 Å². The van der Waals surface area contributed by atoms with Crippen LogP contribution >= 0.6 is 11.8 Å². The van der Waals surface area contributed by atoms with Crippen LogP contribution in [0.3, 0.4) is 0 Å². The summed E-state index contributed by atoms with van der Waals surface area (Å²) in [5, 5.41) is 16.0. The van der Waals surface area contributed by atoms with Crippen LogP contribution in [0.1, 0.15) is 11.1 Å². The van der Waals surface area contributed by atoms with Crippen LogP contribution in [0.5, 0.6) is 0 Å². The summed E-state index contributed by atoms with van der Waals surface area (Å²) < 4.78 is 10.9. The average molecular weight is 537 g/mol. The van der Waals surface area contributed by atoms with Crippen molar-refractivity contribution in [3.63, 3.8) is 0 Å². The van der Waals surface area contributed by atoms with Gasteiger partial charge in [0, 0.05) is 42.7 Å². The van der Waals surface area contributed by atoms with E-state index in [0.29, 0.717) is 80.9 Å². The molecular weight excluding hydrogens is 508 g/mol. The number of aryl methyl sites for hydroxylation is 1. The average Bonchev–Trinajstić information content (AvgIpc) is 2.95. The first-order chi connectivity index (χ1) is 18.5. The number of benzene rings is 2. The lowest BCUT2D eigenvalue weighted by molar-refractivity contribution is -0.387. The zero-order chi connectivity index (χ0) is 26.3. The normalized spacial score (nSPS) is 16.1. The second kappa shape index (κ2) is 12.2. The summed E-state index contributed by atoms with van der Waals surface area (Å²) in [6.45, 7) is 7.18. The second-order valence-electron chi connectivity index (χ2n) is 8.73. The second-order valence-corrected chi connectivity index (χ2v) is 9.84. The SMILES string of the molecule is Cc1ccc(Sc2ccc(/C=N\Nc3nc(N4CCOCC4)nc(N4CCOCC4)n3)cc2[N+](=O)[O-])cc1. The largest absolute Gasteiger partial charge is 0.378 e. The molecule has 2 saturated heterocycles. The van der Waals surface area contributed by atoms with Gasteiger partial charge in [-0.25, -0.2) is 5.43 Å². The molecule has 3 heterocycles. The van der Waals surface area contributed by atoms with Crippen LogP contribution in [0, 0.1) is 17.0 Å². The smallest absolute Gasteiger partial charge is 0.283 e. The lowest BCUT2D eigenvalue weighted by Crippen LogP contribution is -2.40. The van der Waals surface area contributed by atoms with Gasteiger partial charge in [0.1, 0.15) is 0 Å². The molecule has 1 aromatic heterocycles. The predicted octanol–water partition coefficient (Wildman–Crippen LogP) is 3.36. The highest BCUT2D eigenvalue weighted by molar-refractivity contribution is 7.99. The monoisotopic (exact) mass is 536 g/mol. The Labute approximate surface area is 224 Å². The van der Waals surface area contributed by atoms with E-state index in [4.69, 9.17) is 9.47 Å². The molecule has 2 aliphatic rings. The van der Waals surface area contributed by atoms with Crippen molar-refractivity contribution in [3.8, 4) is 0 Å². The highest BCUT2D eigenvalue weighted by Gasteiger charge is 2.21. The van der Waals surface area contributed by atoms with E-state index in [2.05, 4.69) is 35.3 Å². The van der Waals surface area contributed by atoms with E-state index >= 15 is 0 Å².